The fourth-order valence-corrected chi connectivity index (χ4v) is 11.2. The Balaban J connectivity index is 1.55. The van der Waals surface area contributed by atoms with Crippen LogP contribution < -0.4 is 0 Å². The average Bonchev–Trinajstić information content (AvgIpc) is 3.03. The molecule has 0 aromatic heterocycles. The first-order valence-corrected chi connectivity index (χ1v) is 13.7. The van der Waals surface area contributed by atoms with Crippen LogP contribution >= 0.6 is 0 Å². The molecule has 176 valence electrons. The topological polar surface area (TPSA) is 20.2 Å². The van der Waals surface area contributed by atoms with Gasteiger partial charge in [0.1, 0.15) is 0 Å². The zero-order chi connectivity index (χ0) is 22.6. The molecular formula is C30H50O. The summed E-state index contributed by atoms with van der Waals surface area (Å²) in [4.78, 5) is 0. The highest BCUT2D eigenvalue weighted by atomic mass is 16.3. The summed E-state index contributed by atoms with van der Waals surface area (Å²) < 4.78 is 0. The van der Waals surface area contributed by atoms with Gasteiger partial charge in [-0.2, -0.15) is 0 Å². The van der Waals surface area contributed by atoms with Crippen molar-refractivity contribution in [1.82, 2.24) is 0 Å². The molecule has 4 fully saturated rings. The van der Waals surface area contributed by atoms with Gasteiger partial charge in [-0.3, -0.25) is 0 Å². The summed E-state index contributed by atoms with van der Waals surface area (Å²) in [7, 11) is 0. The molecule has 0 saturated heterocycles. The van der Waals surface area contributed by atoms with E-state index in [1.807, 2.05) is 5.57 Å². The van der Waals surface area contributed by atoms with Crippen molar-refractivity contribution in [3.8, 4) is 0 Å². The largest absolute Gasteiger partial charge is 0.393 e. The molecule has 0 heterocycles. The standard InChI is InChI=1S/C30H50O/c1-19(2)20-9-10-21-22-11-12-24-28(6)15-14-25(31)26(3,4)23(28)13-16-30(24,8)29(22,7)18-17-27(20,21)5/h11,19-21,23-25,31H,9-10,12-18H2,1-8H3/t20-,21+,23?,24-,25+,27-,28+,29-,30-/m1/s1. The molecule has 0 amide bonds. The quantitative estimate of drug-likeness (QED) is 0.421. The van der Waals surface area contributed by atoms with E-state index in [4.69, 9.17) is 0 Å². The molecule has 0 aliphatic heterocycles. The molecule has 1 nitrogen and oxygen atoms in total. The van der Waals surface area contributed by atoms with Gasteiger partial charge >= 0.3 is 0 Å². The van der Waals surface area contributed by atoms with Crippen molar-refractivity contribution < 1.29 is 5.11 Å². The first-order chi connectivity index (χ1) is 14.3. The number of rotatable bonds is 1. The summed E-state index contributed by atoms with van der Waals surface area (Å²) in [6.07, 6.45) is 14.6. The van der Waals surface area contributed by atoms with E-state index in [-0.39, 0.29) is 11.5 Å². The van der Waals surface area contributed by atoms with E-state index in [2.05, 4.69) is 61.5 Å². The van der Waals surface area contributed by atoms with Gasteiger partial charge in [0.2, 0.25) is 0 Å². The van der Waals surface area contributed by atoms with E-state index in [1.54, 1.807) is 0 Å². The SMILES string of the molecule is CC(C)[C@H]1CC[C@H]2C3=CC[C@@H]4[C@@]5(C)CC[C@H](O)C(C)(C)C5CC[C@@]4(C)[C@]3(C)CC[C@]12C. The summed E-state index contributed by atoms with van der Waals surface area (Å²) >= 11 is 0. The van der Waals surface area contributed by atoms with Crippen molar-refractivity contribution in [3.05, 3.63) is 11.6 Å². The Morgan fingerprint density at radius 1 is 0.806 bits per heavy atom. The molecule has 31 heavy (non-hydrogen) atoms. The lowest BCUT2D eigenvalue weighted by Gasteiger charge is -2.70. The van der Waals surface area contributed by atoms with Crippen LogP contribution in [0.2, 0.25) is 0 Å². The van der Waals surface area contributed by atoms with Gasteiger partial charge in [0.05, 0.1) is 6.10 Å². The zero-order valence-electron chi connectivity index (χ0n) is 21.9. The molecule has 1 unspecified atom stereocenters. The van der Waals surface area contributed by atoms with Crippen molar-refractivity contribution >= 4 is 0 Å². The molecular weight excluding hydrogens is 376 g/mol. The fourth-order valence-electron chi connectivity index (χ4n) is 11.2. The van der Waals surface area contributed by atoms with Gasteiger partial charge in [-0.1, -0.05) is 67.0 Å². The van der Waals surface area contributed by atoms with Gasteiger partial charge in [0, 0.05) is 0 Å². The molecule has 0 radical (unpaired) electrons. The Morgan fingerprint density at radius 3 is 2.19 bits per heavy atom. The normalized spacial score (nSPS) is 55.7. The van der Waals surface area contributed by atoms with E-state index in [0.717, 1.165) is 30.1 Å². The Kier molecular flexibility index (Phi) is 4.82. The number of aliphatic hydroxyl groups excluding tert-OH is 1. The van der Waals surface area contributed by atoms with Crippen molar-refractivity contribution in [2.45, 2.75) is 119 Å². The minimum atomic E-state index is -0.123. The second-order valence-electron chi connectivity index (χ2n) is 14.7. The maximum Gasteiger partial charge on any atom is 0.0594 e. The van der Waals surface area contributed by atoms with Crippen LogP contribution in [0.15, 0.2) is 11.6 Å². The second kappa shape index (κ2) is 6.64. The van der Waals surface area contributed by atoms with Crippen molar-refractivity contribution in [2.24, 2.45) is 56.7 Å². The number of hydrogen-bond acceptors (Lipinski definition) is 1. The third-order valence-corrected chi connectivity index (χ3v) is 13.3. The molecule has 4 saturated carbocycles. The van der Waals surface area contributed by atoms with E-state index in [0.29, 0.717) is 27.6 Å². The smallest absolute Gasteiger partial charge is 0.0594 e. The number of fused-ring (bicyclic) bond motifs is 7. The molecule has 5 rings (SSSR count). The highest BCUT2D eigenvalue weighted by molar-refractivity contribution is 5.34. The van der Waals surface area contributed by atoms with Crippen LogP contribution in [0.1, 0.15) is 113 Å². The summed E-state index contributed by atoms with van der Waals surface area (Å²) in [5.41, 5.74) is 3.64. The van der Waals surface area contributed by atoms with Crippen LogP contribution in [0.25, 0.3) is 0 Å². The Morgan fingerprint density at radius 2 is 1.52 bits per heavy atom. The molecule has 1 N–H and O–H groups in total. The highest BCUT2D eigenvalue weighted by Gasteiger charge is 2.68. The number of allylic oxidation sites excluding steroid dienone is 2. The highest BCUT2D eigenvalue weighted by Crippen LogP contribution is 2.76. The molecule has 0 aromatic rings. The maximum atomic E-state index is 10.9. The Bertz CT molecular complexity index is 777. The predicted molar refractivity (Wildman–Crippen MR) is 131 cm³/mol. The summed E-state index contributed by atoms with van der Waals surface area (Å²) in [5.74, 6) is 3.98. The predicted octanol–water partition coefficient (Wildman–Crippen LogP) is 8.02. The maximum absolute atomic E-state index is 10.9. The summed E-state index contributed by atoms with van der Waals surface area (Å²) in [5, 5.41) is 10.9. The third-order valence-electron chi connectivity index (χ3n) is 13.3. The van der Waals surface area contributed by atoms with E-state index in [1.165, 1.54) is 51.4 Å². The van der Waals surface area contributed by atoms with Gasteiger partial charge < -0.3 is 5.11 Å². The van der Waals surface area contributed by atoms with E-state index >= 15 is 0 Å². The van der Waals surface area contributed by atoms with Crippen LogP contribution in [0, 0.1) is 56.7 Å². The van der Waals surface area contributed by atoms with Gasteiger partial charge in [0.15, 0.2) is 0 Å². The Labute approximate surface area is 192 Å². The average molecular weight is 427 g/mol. The van der Waals surface area contributed by atoms with Crippen LogP contribution in [-0.4, -0.2) is 11.2 Å². The summed E-state index contributed by atoms with van der Waals surface area (Å²) in [6.45, 7) is 20.4. The van der Waals surface area contributed by atoms with Crippen LogP contribution in [0.3, 0.4) is 0 Å². The van der Waals surface area contributed by atoms with Crippen molar-refractivity contribution in [1.29, 1.82) is 0 Å². The lowest BCUT2D eigenvalue weighted by molar-refractivity contribution is -0.201. The first kappa shape index (κ1) is 22.5. The van der Waals surface area contributed by atoms with Crippen molar-refractivity contribution in [3.63, 3.8) is 0 Å². The van der Waals surface area contributed by atoms with Crippen LogP contribution in [-0.2, 0) is 0 Å². The second-order valence-corrected chi connectivity index (χ2v) is 14.7. The third kappa shape index (κ3) is 2.60. The van der Waals surface area contributed by atoms with Gasteiger partial charge in [-0.15, -0.1) is 0 Å². The molecule has 0 spiro atoms. The minimum absolute atomic E-state index is 0.0559. The van der Waals surface area contributed by atoms with Crippen LogP contribution in [0.5, 0.6) is 0 Å². The molecule has 0 aromatic carbocycles. The molecule has 5 aliphatic rings. The van der Waals surface area contributed by atoms with Gasteiger partial charge in [-0.05, 0) is 114 Å². The first-order valence-electron chi connectivity index (χ1n) is 13.7. The van der Waals surface area contributed by atoms with E-state index in [9.17, 15) is 5.11 Å². The molecule has 5 aliphatic carbocycles. The number of aliphatic hydroxyl groups is 1. The minimum Gasteiger partial charge on any atom is -0.393 e. The zero-order valence-corrected chi connectivity index (χ0v) is 21.9. The summed E-state index contributed by atoms with van der Waals surface area (Å²) in [6, 6.07) is 0. The Hall–Kier alpha value is -0.300. The molecule has 1 heteroatoms. The fraction of sp³-hybridized carbons (Fsp3) is 0.933. The lowest BCUT2D eigenvalue weighted by atomic mass is 9.34. The van der Waals surface area contributed by atoms with Gasteiger partial charge in [-0.25, -0.2) is 0 Å². The van der Waals surface area contributed by atoms with Crippen LogP contribution in [0.4, 0.5) is 0 Å². The lowest BCUT2D eigenvalue weighted by Crippen LogP contribution is -2.64. The monoisotopic (exact) mass is 426 g/mol. The van der Waals surface area contributed by atoms with Crippen molar-refractivity contribution in [2.75, 3.05) is 0 Å². The van der Waals surface area contributed by atoms with Gasteiger partial charge in [0.25, 0.3) is 0 Å². The molecule has 9 atom stereocenters. The van der Waals surface area contributed by atoms with E-state index < -0.39 is 0 Å². The molecule has 0 bridgehead atoms. The number of hydrogen-bond donors (Lipinski definition) is 1.